The molecule has 3 atom stereocenters. The van der Waals surface area contributed by atoms with Crippen LogP contribution in [0.2, 0.25) is 0 Å². The zero-order valence-corrected chi connectivity index (χ0v) is 7.70. The van der Waals surface area contributed by atoms with Gasteiger partial charge in [-0.2, -0.15) is 0 Å². The van der Waals surface area contributed by atoms with Crippen molar-refractivity contribution in [2.45, 2.75) is 12.5 Å². The van der Waals surface area contributed by atoms with Crippen LogP contribution in [0.4, 0.5) is 0 Å². The fraction of sp³-hybridized carbons (Fsp3) is 0.600. The van der Waals surface area contributed by atoms with Gasteiger partial charge in [-0.05, 0) is 18.3 Å². The highest BCUT2D eigenvalue weighted by Crippen LogP contribution is 2.29. The van der Waals surface area contributed by atoms with Gasteiger partial charge in [0, 0.05) is 5.88 Å². The molecule has 0 aromatic carbocycles. The molecule has 2 unspecified atom stereocenters. The van der Waals surface area contributed by atoms with E-state index in [1.807, 2.05) is 0 Å². The zero-order chi connectivity index (χ0) is 8.39. The van der Waals surface area contributed by atoms with Gasteiger partial charge in [0.15, 0.2) is 0 Å². The third-order valence-electron chi connectivity index (χ3n) is 2.49. The Morgan fingerprint density at radius 3 is 2.50 bits per heavy atom. The highest BCUT2D eigenvalue weighted by atomic mass is 35.5. The summed E-state index contributed by atoms with van der Waals surface area (Å²) in [5.41, 5.74) is 0. The molecule has 0 bridgehead atoms. The molecule has 2 rings (SSSR count). The number of alkyl halides is 1. The summed E-state index contributed by atoms with van der Waals surface area (Å²) in [6.07, 6.45) is 10.3. The molecule has 66 valence electrons. The van der Waals surface area contributed by atoms with Gasteiger partial charge >= 0.3 is 0 Å². The van der Waals surface area contributed by atoms with E-state index < -0.39 is 0 Å². The van der Waals surface area contributed by atoms with Crippen LogP contribution in [0.25, 0.3) is 0 Å². The molecule has 0 radical (unpaired) electrons. The van der Waals surface area contributed by atoms with Crippen LogP contribution in [-0.4, -0.2) is 18.6 Å². The zero-order valence-electron chi connectivity index (χ0n) is 6.95. The standard InChI is InChI=1S/C10H13ClO/c11-6-9-4-2-1-3-8(9)5-10-7-12-10/h1-4,8-10H,5-7H2/t8-,9?,10?/m1/s1. The second-order valence-electron chi connectivity index (χ2n) is 3.44. The van der Waals surface area contributed by atoms with E-state index in [0.717, 1.165) is 18.9 Å². The minimum absolute atomic E-state index is 0.511. The average Bonchev–Trinajstić information content (AvgIpc) is 2.89. The van der Waals surface area contributed by atoms with Crippen molar-refractivity contribution in [3.8, 4) is 0 Å². The molecule has 0 amide bonds. The lowest BCUT2D eigenvalue weighted by Gasteiger charge is -2.20. The Kier molecular flexibility index (Phi) is 2.52. The second-order valence-corrected chi connectivity index (χ2v) is 3.75. The quantitative estimate of drug-likeness (QED) is 0.485. The number of ether oxygens (including phenoxy) is 1. The number of hydrogen-bond acceptors (Lipinski definition) is 1. The van der Waals surface area contributed by atoms with Gasteiger partial charge in [-0.15, -0.1) is 11.6 Å². The Morgan fingerprint density at radius 2 is 1.92 bits per heavy atom. The first-order chi connectivity index (χ1) is 5.90. The molecule has 1 aliphatic carbocycles. The van der Waals surface area contributed by atoms with Gasteiger partial charge in [-0.3, -0.25) is 0 Å². The third-order valence-corrected chi connectivity index (χ3v) is 2.85. The van der Waals surface area contributed by atoms with E-state index in [-0.39, 0.29) is 0 Å². The first kappa shape index (κ1) is 8.33. The molecule has 2 heteroatoms. The largest absolute Gasteiger partial charge is 0.373 e. The number of epoxide rings is 1. The van der Waals surface area contributed by atoms with Crippen LogP contribution in [0.1, 0.15) is 6.42 Å². The highest BCUT2D eigenvalue weighted by molar-refractivity contribution is 6.18. The maximum atomic E-state index is 5.85. The fourth-order valence-electron chi connectivity index (χ4n) is 1.63. The summed E-state index contributed by atoms with van der Waals surface area (Å²) in [5, 5.41) is 0. The van der Waals surface area contributed by atoms with Crippen LogP contribution in [0.15, 0.2) is 24.3 Å². The average molecular weight is 185 g/mol. The first-order valence-electron chi connectivity index (χ1n) is 4.42. The van der Waals surface area contributed by atoms with Gasteiger partial charge in [0.25, 0.3) is 0 Å². The molecule has 1 fully saturated rings. The molecule has 2 aliphatic rings. The Hall–Kier alpha value is -0.270. The van der Waals surface area contributed by atoms with Crippen molar-refractivity contribution >= 4 is 11.6 Å². The SMILES string of the molecule is ClCC1C=CC=C[C@@H]1CC1CO1. The Bertz CT molecular complexity index is 206. The normalized spacial score (nSPS) is 38.6. The lowest BCUT2D eigenvalue weighted by molar-refractivity contribution is 0.351. The van der Waals surface area contributed by atoms with Crippen molar-refractivity contribution in [1.82, 2.24) is 0 Å². The summed E-state index contributed by atoms with van der Waals surface area (Å²) in [6.45, 7) is 0.947. The maximum absolute atomic E-state index is 5.85. The molecule has 1 saturated heterocycles. The Morgan fingerprint density at radius 1 is 1.25 bits per heavy atom. The topological polar surface area (TPSA) is 12.5 Å². The fourth-order valence-corrected chi connectivity index (χ4v) is 1.96. The number of hydrogen-bond donors (Lipinski definition) is 0. The molecule has 0 aromatic rings. The summed E-state index contributed by atoms with van der Waals surface area (Å²) < 4.78 is 5.20. The smallest absolute Gasteiger partial charge is 0.0815 e. The van der Waals surface area contributed by atoms with Gasteiger partial charge in [-0.25, -0.2) is 0 Å². The van der Waals surface area contributed by atoms with Gasteiger partial charge in [0.1, 0.15) is 0 Å². The summed E-state index contributed by atoms with van der Waals surface area (Å²) in [7, 11) is 0. The van der Waals surface area contributed by atoms with E-state index in [9.17, 15) is 0 Å². The van der Waals surface area contributed by atoms with Crippen molar-refractivity contribution in [2.24, 2.45) is 11.8 Å². The van der Waals surface area contributed by atoms with E-state index in [4.69, 9.17) is 16.3 Å². The molecule has 1 heterocycles. The molecular formula is C10H13ClO. The van der Waals surface area contributed by atoms with E-state index in [0.29, 0.717) is 17.9 Å². The van der Waals surface area contributed by atoms with Crippen molar-refractivity contribution in [3.63, 3.8) is 0 Å². The Labute approximate surface area is 78.0 Å². The lowest BCUT2D eigenvalue weighted by atomic mass is 9.86. The van der Waals surface area contributed by atoms with E-state index in [1.54, 1.807) is 0 Å². The summed E-state index contributed by atoms with van der Waals surface area (Å²) in [6, 6.07) is 0. The van der Waals surface area contributed by atoms with Crippen LogP contribution in [0.5, 0.6) is 0 Å². The molecule has 0 N–H and O–H groups in total. The minimum Gasteiger partial charge on any atom is -0.373 e. The molecule has 1 nitrogen and oxygen atoms in total. The third kappa shape index (κ3) is 1.90. The maximum Gasteiger partial charge on any atom is 0.0815 e. The van der Waals surface area contributed by atoms with E-state index in [2.05, 4.69) is 24.3 Å². The number of rotatable bonds is 3. The van der Waals surface area contributed by atoms with Crippen LogP contribution < -0.4 is 0 Å². The van der Waals surface area contributed by atoms with Crippen molar-refractivity contribution in [2.75, 3.05) is 12.5 Å². The van der Waals surface area contributed by atoms with Crippen LogP contribution in [0, 0.1) is 11.8 Å². The number of halogens is 1. The van der Waals surface area contributed by atoms with E-state index >= 15 is 0 Å². The first-order valence-corrected chi connectivity index (χ1v) is 4.96. The van der Waals surface area contributed by atoms with Gasteiger partial charge in [0.05, 0.1) is 12.7 Å². The molecule has 1 aliphatic heterocycles. The van der Waals surface area contributed by atoms with Crippen molar-refractivity contribution in [3.05, 3.63) is 24.3 Å². The van der Waals surface area contributed by atoms with Gasteiger partial charge < -0.3 is 4.74 Å². The van der Waals surface area contributed by atoms with Gasteiger partial charge in [0.2, 0.25) is 0 Å². The highest BCUT2D eigenvalue weighted by Gasteiger charge is 2.29. The summed E-state index contributed by atoms with van der Waals surface area (Å²) >= 11 is 5.85. The predicted molar refractivity (Wildman–Crippen MR) is 50.3 cm³/mol. The molecule has 0 aromatic heterocycles. The predicted octanol–water partition coefficient (Wildman–Crippen LogP) is 2.37. The number of allylic oxidation sites excluding steroid dienone is 4. The van der Waals surface area contributed by atoms with Crippen LogP contribution >= 0.6 is 11.6 Å². The second kappa shape index (κ2) is 3.63. The van der Waals surface area contributed by atoms with Gasteiger partial charge in [-0.1, -0.05) is 24.3 Å². The molecule has 0 spiro atoms. The van der Waals surface area contributed by atoms with E-state index in [1.165, 1.54) is 0 Å². The molecule has 12 heavy (non-hydrogen) atoms. The summed E-state index contributed by atoms with van der Waals surface area (Å²) in [5.74, 6) is 1.83. The van der Waals surface area contributed by atoms with Crippen molar-refractivity contribution < 1.29 is 4.74 Å². The van der Waals surface area contributed by atoms with Crippen LogP contribution in [0.3, 0.4) is 0 Å². The summed E-state index contributed by atoms with van der Waals surface area (Å²) in [4.78, 5) is 0. The van der Waals surface area contributed by atoms with Crippen molar-refractivity contribution in [1.29, 1.82) is 0 Å². The lowest BCUT2D eigenvalue weighted by Crippen LogP contribution is -2.16. The minimum atomic E-state index is 0.511. The van der Waals surface area contributed by atoms with Crippen LogP contribution in [-0.2, 0) is 4.74 Å². The molecule has 0 saturated carbocycles. The molecular weight excluding hydrogens is 172 g/mol. The Balaban J connectivity index is 1.92. The monoisotopic (exact) mass is 184 g/mol.